The Bertz CT molecular complexity index is 1060. The number of carboxylic acid groups (broad SMARTS) is 1. The largest absolute Gasteiger partial charge is 0.573 e. The molecule has 14 heteroatoms. The maximum absolute atomic E-state index is 12.4. The lowest BCUT2D eigenvalue weighted by Crippen LogP contribution is -2.46. The number of anilines is 2. The van der Waals surface area contributed by atoms with Crippen LogP contribution in [-0.4, -0.2) is 69.0 Å². The van der Waals surface area contributed by atoms with E-state index in [-0.39, 0.29) is 17.3 Å². The summed E-state index contributed by atoms with van der Waals surface area (Å²) >= 11 is 0. The summed E-state index contributed by atoms with van der Waals surface area (Å²) in [7, 11) is 0. The molecule has 3 heterocycles. The Balaban J connectivity index is 1.41. The Labute approximate surface area is 172 Å². The molecule has 1 aliphatic rings. The van der Waals surface area contributed by atoms with Crippen molar-refractivity contribution in [1.29, 1.82) is 0 Å². The second-order valence-electron chi connectivity index (χ2n) is 6.62. The van der Waals surface area contributed by atoms with Crippen LogP contribution < -0.4 is 14.5 Å². The number of carbonyl (C=O) groups is 1. The van der Waals surface area contributed by atoms with E-state index in [1.165, 1.54) is 18.2 Å². The minimum absolute atomic E-state index is 0.140. The van der Waals surface area contributed by atoms with Gasteiger partial charge in [-0.05, 0) is 22.6 Å². The van der Waals surface area contributed by atoms with Crippen molar-refractivity contribution in [3.8, 4) is 17.3 Å². The highest BCUT2D eigenvalue weighted by Crippen LogP contribution is 2.28. The number of aromatic nitrogens is 5. The van der Waals surface area contributed by atoms with E-state index < -0.39 is 18.9 Å². The monoisotopic (exact) mass is 439 g/mol. The van der Waals surface area contributed by atoms with Crippen molar-refractivity contribution in [2.75, 3.05) is 36.0 Å². The summed E-state index contributed by atoms with van der Waals surface area (Å²) in [5, 5.41) is 23.8. The quantitative estimate of drug-likeness (QED) is 0.606. The number of nitrogens with zero attached hydrogens (tertiary/aromatic N) is 7. The van der Waals surface area contributed by atoms with Gasteiger partial charge in [0.1, 0.15) is 12.3 Å². The van der Waals surface area contributed by atoms with Crippen LogP contribution in [0.3, 0.4) is 0 Å². The average Bonchev–Trinajstić information content (AvgIpc) is 3.36. The maximum Gasteiger partial charge on any atom is 0.573 e. The van der Waals surface area contributed by atoms with Gasteiger partial charge >= 0.3 is 12.3 Å². The zero-order valence-corrected chi connectivity index (χ0v) is 15.9. The molecular weight excluding hydrogens is 423 g/mol. The highest BCUT2D eigenvalue weighted by atomic mass is 19.4. The smallest absolute Gasteiger partial charge is 0.480 e. The molecular formula is C17H16F3N7O4. The number of tetrazole rings is 1. The highest BCUT2D eigenvalue weighted by molar-refractivity contribution is 5.67. The van der Waals surface area contributed by atoms with Gasteiger partial charge in [-0.1, -0.05) is 11.2 Å². The van der Waals surface area contributed by atoms with E-state index in [0.717, 1.165) is 4.68 Å². The summed E-state index contributed by atoms with van der Waals surface area (Å²) < 4.78 is 47.7. The Morgan fingerprint density at radius 1 is 1.16 bits per heavy atom. The molecule has 0 amide bonds. The number of ether oxygens (including phenoxy) is 1. The SMILES string of the molecule is O=C(O)Cn1nnnc1-c1cc(N2CCN(c3cccc(OC(F)(F)F)c3)CC2)no1. The molecule has 4 rings (SSSR count). The van der Waals surface area contributed by atoms with Gasteiger partial charge < -0.3 is 24.2 Å². The third kappa shape index (κ3) is 4.84. The van der Waals surface area contributed by atoms with Gasteiger partial charge in [-0.15, -0.1) is 18.3 Å². The zero-order valence-electron chi connectivity index (χ0n) is 15.9. The fourth-order valence-corrected chi connectivity index (χ4v) is 3.21. The lowest BCUT2D eigenvalue weighted by molar-refractivity contribution is -0.274. The molecule has 0 unspecified atom stereocenters. The molecule has 31 heavy (non-hydrogen) atoms. The molecule has 2 aromatic heterocycles. The van der Waals surface area contributed by atoms with E-state index in [1.807, 2.05) is 9.80 Å². The van der Waals surface area contributed by atoms with Crippen molar-refractivity contribution in [1.82, 2.24) is 25.4 Å². The minimum Gasteiger partial charge on any atom is -0.480 e. The molecule has 0 bridgehead atoms. The Hall–Kier alpha value is -3.84. The summed E-state index contributed by atoms with van der Waals surface area (Å²) in [5.41, 5.74) is 0.620. The topological polar surface area (TPSA) is 123 Å². The molecule has 164 valence electrons. The summed E-state index contributed by atoms with van der Waals surface area (Å²) in [6.07, 6.45) is -4.74. The van der Waals surface area contributed by atoms with Crippen molar-refractivity contribution in [2.24, 2.45) is 0 Å². The van der Waals surface area contributed by atoms with Crippen LogP contribution in [0.25, 0.3) is 11.6 Å². The second-order valence-corrected chi connectivity index (χ2v) is 6.62. The van der Waals surface area contributed by atoms with Crippen LogP contribution in [0.4, 0.5) is 24.7 Å². The summed E-state index contributed by atoms with van der Waals surface area (Å²) in [4.78, 5) is 14.8. The average molecular weight is 439 g/mol. The number of hydrogen-bond acceptors (Lipinski definition) is 9. The van der Waals surface area contributed by atoms with E-state index in [2.05, 4.69) is 25.4 Å². The molecule has 1 N–H and O–H groups in total. The third-order valence-corrected chi connectivity index (χ3v) is 4.56. The molecule has 0 aliphatic carbocycles. The number of hydrogen-bond donors (Lipinski definition) is 1. The van der Waals surface area contributed by atoms with Gasteiger partial charge in [0.2, 0.25) is 11.6 Å². The Morgan fingerprint density at radius 3 is 2.61 bits per heavy atom. The molecule has 0 atom stereocenters. The van der Waals surface area contributed by atoms with E-state index in [0.29, 0.717) is 37.7 Å². The van der Waals surface area contributed by atoms with Crippen molar-refractivity contribution in [2.45, 2.75) is 12.9 Å². The summed E-state index contributed by atoms with van der Waals surface area (Å²) in [5.74, 6) is -0.489. The summed E-state index contributed by atoms with van der Waals surface area (Å²) in [6, 6.07) is 7.43. The second kappa shape index (κ2) is 8.12. The number of benzene rings is 1. The van der Waals surface area contributed by atoms with E-state index >= 15 is 0 Å². The third-order valence-electron chi connectivity index (χ3n) is 4.56. The first-order valence-electron chi connectivity index (χ1n) is 9.09. The standard InChI is InChI=1S/C17H16F3N7O4/c18-17(19,20)30-12-3-1-2-11(8-12)25-4-6-26(7-5-25)14-9-13(31-22-14)16-21-23-24-27(16)10-15(28)29/h1-3,8-9H,4-7,10H2,(H,28,29). The van der Waals surface area contributed by atoms with E-state index in [4.69, 9.17) is 9.63 Å². The van der Waals surface area contributed by atoms with Crippen LogP contribution in [-0.2, 0) is 11.3 Å². The lowest BCUT2D eigenvalue weighted by Gasteiger charge is -2.36. The minimum atomic E-state index is -4.74. The molecule has 1 fully saturated rings. The Morgan fingerprint density at radius 2 is 1.90 bits per heavy atom. The van der Waals surface area contributed by atoms with Gasteiger partial charge in [0.05, 0.1) is 0 Å². The van der Waals surface area contributed by atoms with Gasteiger partial charge in [0.25, 0.3) is 0 Å². The normalized spacial score (nSPS) is 14.7. The van der Waals surface area contributed by atoms with Gasteiger partial charge in [-0.3, -0.25) is 4.79 Å². The molecule has 11 nitrogen and oxygen atoms in total. The van der Waals surface area contributed by atoms with Crippen molar-refractivity contribution >= 4 is 17.5 Å². The predicted octanol–water partition coefficient (Wildman–Crippen LogP) is 1.64. The van der Waals surface area contributed by atoms with Crippen LogP contribution in [0.15, 0.2) is 34.9 Å². The number of carboxylic acids is 1. The molecule has 1 saturated heterocycles. The highest BCUT2D eigenvalue weighted by Gasteiger charge is 2.31. The molecule has 1 aromatic carbocycles. The van der Waals surface area contributed by atoms with Crippen LogP contribution in [0.1, 0.15) is 0 Å². The fourth-order valence-electron chi connectivity index (χ4n) is 3.21. The predicted molar refractivity (Wildman–Crippen MR) is 98.5 cm³/mol. The molecule has 0 radical (unpaired) electrons. The van der Waals surface area contributed by atoms with Gasteiger partial charge in [0.15, 0.2) is 5.82 Å². The zero-order chi connectivity index (χ0) is 22.0. The van der Waals surface area contributed by atoms with Crippen LogP contribution in [0.5, 0.6) is 5.75 Å². The van der Waals surface area contributed by atoms with Crippen LogP contribution in [0, 0.1) is 0 Å². The van der Waals surface area contributed by atoms with Crippen molar-refractivity contribution < 1.29 is 32.3 Å². The van der Waals surface area contributed by atoms with Crippen LogP contribution in [0.2, 0.25) is 0 Å². The maximum atomic E-state index is 12.4. The number of halogens is 3. The first kappa shape index (κ1) is 20.4. The van der Waals surface area contributed by atoms with E-state index in [9.17, 15) is 18.0 Å². The van der Waals surface area contributed by atoms with Crippen molar-refractivity contribution in [3.05, 3.63) is 30.3 Å². The van der Waals surface area contributed by atoms with Gasteiger partial charge in [-0.2, -0.15) is 0 Å². The molecule has 1 aliphatic heterocycles. The van der Waals surface area contributed by atoms with Gasteiger partial charge in [0, 0.05) is 44.0 Å². The van der Waals surface area contributed by atoms with Crippen LogP contribution >= 0.6 is 0 Å². The van der Waals surface area contributed by atoms with Gasteiger partial charge in [-0.25, -0.2) is 4.68 Å². The first-order valence-corrected chi connectivity index (χ1v) is 9.09. The Kier molecular flexibility index (Phi) is 5.35. The summed E-state index contributed by atoms with van der Waals surface area (Å²) in [6.45, 7) is 1.73. The number of aliphatic carboxylic acids is 1. The molecule has 0 saturated carbocycles. The van der Waals surface area contributed by atoms with Crippen molar-refractivity contribution in [3.63, 3.8) is 0 Å². The number of alkyl halides is 3. The number of rotatable bonds is 6. The van der Waals surface area contributed by atoms with E-state index in [1.54, 1.807) is 12.1 Å². The lowest BCUT2D eigenvalue weighted by atomic mass is 10.2. The molecule has 0 spiro atoms. The first-order chi connectivity index (χ1) is 14.8. The fraction of sp³-hybridized carbons (Fsp3) is 0.353. The molecule has 3 aromatic rings. The number of piperazine rings is 1.